The minimum atomic E-state index is -0.415. The largest absolute Gasteiger partial charge is 0.486 e. The van der Waals surface area contributed by atoms with Crippen LogP contribution in [0, 0.1) is 12.3 Å². The minimum absolute atomic E-state index is 0.0401. The molecule has 0 spiro atoms. The Bertz CT molecular complexity index is 727. The van der Waals surface area contributed by atoms with Gasteiger partial charge in [-0.3, -0.25) is 9.59 Å². The van der Waals surface area contributed by atoms with Crippen molar-refractivity contribution in [1.82, 2.24) is 0 Å². The van der Waals surface area contributed by atoms with E-state index >= 15 is 0 Å². The van der Waals surface area contributed by atoms with Gasteiger partial charge in [0.1, 0.15) is 12.4 Å². The van der Waals surface area contributed by atoms with Crippen LogP contribution in [-0.2, 0) is 4.79 Å². The normalized spacial score (nSPS) is 11.0. The van der Waals surface area contributed by atoms with E-state index in [4.69, 9.17) is 4.74 Å². The summed E-state index contributed by atoms with van der Waals surface area (Å²) in [5, 5.41) is 2.85. The second-order valence-electron chi connectivity index (χ2n) is 6.76. The fourth-order valence-electron chi connectivity index (χ4n) is 2.03. The second kappa shape index (κ2) is 7.30. The van der Waals surface area contributed by atoms with Crippen molar-refractivity contribution in [3.8, 4) is 5.75 Å². The third kappa shape index (κ3) is 4.69. The summed E-state index contributed by atoms with van der Waals surface area (Å²) >= 11 is 0. The van der Waals surface area contributed by atoms with Gasteiger partial charge in [-0.2, -0.15) is 0 Å². The molecule has 0 unspecified atom stereocenters. The number of hydrogen-bond acceptors (Lipinski definition) is 3. The van der Waals surface area contributed by atoms with Crippen molar-refractivity contribution in [2.75, 3.05) is 11.9 Å². The number of rotatable bonds is 5. The zero-order valence-corrected chi connectivity index (χ0v) is 14.6. The second-order valence-corrected chi connectivity index (χ2v) is 6.76. The monoisotopic (exact) mass is 325 g/mol. The Morgan fingerprint density at radius 3 is 2.21 bits per heavy atom. The molecule has 0 atom stereocenters. The van der Waals surface area contributed by atoms with Gasteiger partial charge in [-0.25, -0.2) is 0 Å². The first kappa shape index (κ1) is 17.7. The van der Waals surface area contributed by atoms with E-state index in [1.165, 1.54) is 0 Å². The quantitative estimate of drug-likeness (QED) is 0.894. The van der Waals surface area contributed by atoms with Gasteiger partial charge in [0.05, 0.1) is 0 Å². The number of amides is 1. The lowest BCUT2D eigenvalue weighted by Crippen LogP contribution is -2.26. The lowest BCUT2D eigenvalue weighted by molar-refractivity contribution is -0.128. The summed E-state index contributed by atoms with van der Waals surface area (Å²) < 4.78 is 5.50. The van der Waals surface area contributed by atoms with E-state index in [1.54, 1.807) is 30.3 Å². The standard InChI is InChI=1S/C20H23NO3/c1-14-7-5-6-8-17(14)19(23)21-15-9-11-16(12-10-15)24-13-18(22)20(2,3)4/h5-12H,13H2,1-4H3,(H,21,23). The molecule has 0 aliphatic heterocycles. The first-order valence-corrected chi connectivity index (χ1v) is 7.90. The van der Waals surface area contributed by atoms with Crippen molar-refractivity contribution in [3.05, 3.63) is 59.7 Å². The van der Waals surface area contributed by atoms with Gasteiger partial charge in [-0.1, -0.05) is 39.0 Å². The van der Waals surface area contributed by atoms with Crippen molar-refractivity contribution in [3.63, 3.8) is 0 Å². The van der Waals surface area contributed by atoms with Crippen LogP contribution in [0.15, 0.2) is 48.5 Å². The average Bonchev–Trinajstić information content (AvgIpc) is 2.53. The molecule has 0 fully saturated rings. The predicted octanol–water partition coefficient (Wildman–Crippen LogP) is 4.24. The van der Waals surface area contributed by atoms with E-state index in [0.29, 0.717) is 17.0 Å². The first-order chi connectivity index (χ1) is 11.3. The summed E-state index contributed by atoms with van der Waals surface area (Å²) in [6.45, 7) is 7.53. The Labute approximate surface area is 142 Å². The Kier molecular flexibility index (Phi) is 5.39. The maximum absolute atomic E-state index is 12.3. The molecule has 0 aliphatic rings. The van der Waals surface area contributed by atoms with Crippen molar-refractivity contribution in [2.45, 2.75) is 27.7 Å². The number of ether oxygens (including phenoxy) is 1. The smallest absolute Gasteiger partial charge is 0.255 e. The van der Waals surface area contributed by atoms with Gasteiger partial charge < -0.3 is 10.1 Å². The van der Waals surface area contributed by atoms with Crippen LogP contribution in [0.25, 0.3) is 0 Å². The van der Waals surface area contributed by atoms with Gasteiger partial charge in [0.2, 0.25) is 0 Å². The highest BCUT2D eigenvalue weighted by Gasteiger charge is 2.21. The molecule has 0 radical (unpaired) electrons. The summed E-state index contributed by atoms with van der Waals surface area (Å²) in [6.07, 6.45) is 0. The number of carbonyl (C=O) groups is 2. The van der Waals surface area contributed by atoms with Crippen molar-refractivity contribution < 1.29 is 14.3 Å². The highest BCUT2D eigenvalue weighted by atomic mass is 16.5. The van der Waals surface area contributed by atoms with Crippen LogP contribution in [0.4, 0.5) is 5.69 Å². The average molecular weight is 325 g/mol. The number of carbonyl (C=O) groups excluding carboxylic acids is 2. The molecule has 24 heavy (non-hydrogen) atoms. The van der Waals surface area contributed by atoms with Gasteiger partial charge in [0.15, 0.2) is 5.78 Å². The van der Waals surface area contributed by atoms with Crippen molar-refractivity contribution in [1.29, 1.82) is 0 Å². The van der Waals surface area contributed by atoms with Gasteiger partial charge in [0.25, 0.3) is 5.91 Å². The molecule has 4 nitrogen and oxygen atoms in total. The van der Waals surface area contributed by atoms with Crippen LogP contribution < -0.4 is 10.1 Å². The number of Topliss-reactive ketones (excluding diaryl/α,β-unsaturated/α-hetero) is 1. The number of aryl methyl sites for hydroxylation is 1. The van der Waals surface area contributed by atoms with Crippen LogP contribution >= 0.6 is 0 Å². The SMILES string of the molecule is Cc1ccccc1C(=O)Nc1ccc(OCC(=O)C(C)(C)C)cc1. The van der Waals surface area contributed by atoms with E-state index in [-0.39, 0.29) is 18.3 Å². The van der Waals surface area contributed by atoms with Crippen LogP contribution in [0.2, 0.25) is 0 Å². The third-order valence-electron chi connectivity index (χ3n) is 3.71. The summed E-state index contributed by atoms with van der Waals surface area (Å²) in [5.41, 5.74) is 1.84. The molecule has 0 aliphatic carbocycles. The predicted molar refractivity (Wildman–Crippen MR) is 95.5 cm³/mol. The van der Waals surface area contributed by atoms with Gasteiger partial charge in [-0.15, -0.1) is 0 Å². The molecule has 2 aromatic rings. The Hall–Kier alpha value is -2.62. The van der Waals surface area contributed by atoms with Gasteiger partial charge >= 0.3 is 0 Å². The maximum Gasteiger partial charge on any atom is 0.255 e. The molecule has 0 saturated heterocycles. The maximum atomic E-state index is 12.3. The number of hydrogen-bond donors (Lipinski definition) is 1. The topological polar surface area (TPSA) is 55.4 Å². The van der Waals surface area contributed by atoms with E-state index in [9.17, 15) is 9.59 Å². The first-order valence-electron chi connectivity index (χ1n) is 7.90. The number of benzene rings is 2. The molecular formula is C20H23NO3. The molecule has 2 aromatic carbocycles. The molecule has 1 N–H and O–H groups in total. The zero-order chi connectivity index (χ0) is 17.7. The highest BCUT2D eigenvalue weighted by molar-refractivity contribution is 6.05. The molecule has 0 aromatic heterocycles. The van der Waals surface area contributed by atoms with E-state index in [1.807, 2.05) is 45.9 Å². The van der Waals surface area contributed by atoms with Gasteiger partial charge in [0, 0.05) is 16.7 Å². The van der Waals surface area contributed by atoms with Crippen LogP contribution in [0.5, 0.6) is 5.75 Å². The zero-order valence-electron chi connectivity index (χ0n) is 14.6. The van der Waals surface area contributed by atoms with E-state index < -0.39 is 5.41 Å². The van der Waals surface area contributed by atoms with Crippen LogP contribution in [0.3, 0.4) is 0 Å². The number of ketones is 1. The molecule has 4 heteroatoms. The van der Waals surface area contributed by atoms with Crippen molar-refractivity contribution >= 4 is 17.4 Å². The Morgan fingerprint density at radius 2 is 1.62 bits per heavy atom. The summed E-state index contributed by atoms with van der Waals surface area (Å²) in [5.74, 6) is 0.491. The molecule has 1 amide bonds. The molecule has 2 rings (SSSR count). The molecule has 126 valence electrons. The molecule has 0 bridgehead atoms. The van der Waals surface area contributed by atoms with Crippen molar-refractivity contribution in [2.24, 2.45) is 5.41 Å². The fourth-order valence-corrected chi connectivity index (χ4v) is 2.03. The Balaban J connectivity index is 1.96. The number of anilines is 1. The highest BCUT2D eigenvalue weighted by Crippen LogP contribution is 2.19. The summed E-state index contributed by atoms with van der Waals surface area (Å²) in [4.78, 5) is 24.1. The Morgan fingerprint density at radius 1 is 1.00 bits per heavy atom. The third-order valence-corrected chi connectivity index (χ3v) is 3.71. The number of nitrogens with one attached hydrogen (secondary N) is 1. The van der Waals surface area contributed by atoms with E-state index in [2.05, 4.69) is 5.32 Å². The molecule has 0 heterocycles. The molecular weight excluding hydrogens is 302 g/mol. The minimum Gasteiger partial charge on any atom is -0.486 e. The van der Waals surface area contributed by atoms with Gasteiger partial charge in [-0.05, 0) is 42.8 Å². The summed E-state index contributed by atoms with van der Waals surface area (Å²) in [7, 11) is 0. The van der Waals surface area contributed by atoms with Crippen LogP contribution in [-0.4, -0.2) is 18.3 Å². The van der Waals surface area contributed by atoms with E-state index in [0.717, 1.165) is 5.56 Å². The fraction of sp³-hybridized carbons (Fsp3) is 0.300. The van der Waals surface area contributed by atoms with Crippen LogP contribution in [0.1, 0.15) is 36.7 Å². The lowest BCUT2D eigenvalue weighted by atomic mass is 9.91. The summed E-state index contributed by atoms with van der Waals surface area (Å²) in [6, 6.07) is 14.4. The molecule has 0 saturated carbocycles. The lowest BCUT2D eigenvalue weighted by Gasteiger charge is -2.16.